The number of hydrogen-bond acceptors (Lipinski definition) is 5. The summed E-state index contributed by atoms with van der Waals surface area (Å²) in [4.78, 5) is 0.218. The van der Waals surface area contributed by atoms with Crippen molar-refractivity contribution >= 4 is 31.9 Å². The highest BCUT2D eigenvalue weighted by atomic mass is 32.2. The average Bonchev–Trinajstić information content (AvgIpc) is 2.68. The van der Waals surface area contributed by atoms with E-state index in [-0.39, 0.29) is 11.5 Å². The average molecular weight is 507 g/mol. The summed E-state index contributed by atoms with van der Waals surface area (Å²) in [6.45, 7) is 19.7. The summed E-state index contributed by atoms with van der Waals surface area (Å²) < 4.78 is 44.8. The Kier molecular flexibility index (Phi) is 9.06. The van der Waals surface area contributed by atoms with Gasteiger partial charge in [0.2, 0.25) is 8.32 Å². The molecule has 0 aromatic heterocycles. The first-order valence-electron chi connectivity index (χ1n) is 11.2. The van der Waals surface area contributed by atoms with Crippen molar-refractivity contribution < 1.29 is 21.5 Å². The summed E-state index contributed by atoms with van der Waals surface area (Å²) in [5, 5.41) is 1.14. The van der Waals surface area contributed by atoms with Crippen LogP contribution in [0.3, 0.4) is 0 Å². The maximum atomic E-state index is 13.1. The van der Waals surface area contributed by atoms with Crippen LogP contribution >= 0.6 is 0 Å². The zero-order chi connectivity index (χ0) is 25.0. The van der Waals surface area contributed by atoms with Crippen LogP contribution in [0.4, 0.5) is 0 Å². The van der Waals surface area contributed by atoms with Gasteiger partial charge in [-0.1, -0.05) is 54.1 Å². The van der Waals surface area contributed by atoms with E-state index < -0.39 is 39.0 Å². The fraction of sp³-hybridized carbons (Fsp3) is 0.440. The minimum atomic E-state index is -3.97. The summed E-state index contributed by atoms with van der Waals surface area (Å²) in [5.74, 6) is 0. The molecule has 0 aliphatic heterocycles. The summed E-state index contributed by atoms with van der Waals surface area (Å²) in [7, 11) is -8.32. The van der Waals surface area contributed by atoms with E-state index in [1.807, 2.05) is 37.3 Å². The molecule has 2 atom stereocenters. The van der Waals surface area contributed by atoms with Gasteiger partial charge in [-0.15, -0.1) is 6.58 Å². The van der Waals surface area contributed by atoms with E-state index >= 15 is 0 Å². The second kappa shape index (κ2) is 10.8. The normalized spacial score (nSPS) is 14.7. The van der Waals surface area contributed by atoms with E-state index in [9.17, 15) is 8.42 Å². The summed E-state index contributed by atoms with van der Waals surface area (Å²) in [6.07, 6.45) is 0.598. The Morgan fingerprint density at radius 1 is 0.939 bits per heavy atom. The van der Waals surface area contributed by atoms with Crippen LogP contribution in [0.25, 0.3) is 0 Å². The Labute approximate surface area is 202 Å². The highest BCUT2D eigenvalue weighted by molar-refractivity contribution is 7.86. The minimum Gasteiger partial charge on any atom is -0.409 e. The molecule has 33 heavy (non-hydrogen) atoms. The van der Waals surface area contributed by atoms with Crippen molar-refractivity contribution in [2.75, 3.05) is 6.61 Å². The van der Waals surface area contributed by atoms with Crippen LogP contribution in [-0.2, 0) is 23.2 Å². The Morgan fingerprint density at radius 3 is 1.97 bits per heavy atom. The van der Waals surface area contributed by atoms with Gasteiger partial charge in [-0.25, -0.2) is 0 Å². The van der Waals surface area contributed by atoms with Crippen LogP contribution in [0.5, 0.6) is 0 Å². The van der Waals surface area contributed by atoms with E-state index in [2.05, 4.69) is 51.4 Å². The van der Waals surface area contributed by atoms with Crippen LogP contribution in [-0.4, -0.2) is 43.9 Å². The van der Waals surface area contributed by atoms with Crippen LogP contribution in [0, 0.1) is 20.8 Å². The molecule has 0 saturated heterocycles. The molecule has 2 aromatic rings. The van der Waals surface area contributed by atoms with E-state index in [0.717, 1.165) is 10.8 Å². The lowest BCUT2D eigenvalue weighted by atomic mass is 10.1. The molecule has 0 saturated carbocycles. The van der Waals surface area contributed by atoms with E-state index in [4.69, 9.17) is 13.0 Å². The lowest BCUT2D eigenvalue weighted by Crippen LogP contribution is -2.52. The van der Waals surface area contributed by atoms with Crippen LogP contribution in [0.1, 0.15) is 16.7 Å². The molecule has 2 rings (SSSR count). The van der Waals surface area contributed by atoms with Gasteiger partial charge in [0.1, 0.15) is 0 Å². The smallest absolute Gasteiger partial charge is 0.297 e. The van der Waals surface area contributed by atoms with Crippen LogP contribution in [0.2, 0.25) is 32.7 Å². The molecule has 8 heteroatoms. The van der Waals surface area contributed by atoms with Gasteiger partial charge in [-0.05, 0) is 69.8 Å². The largest absolute Gasteiger partial charge is 0.409 e. The molecule has 5 nitrogen and oxygen atoms in total. The number of aryl methyl sites for hydroxylation is 3. The van der Waals surface area contributed by atoms with Gasteiger partial charge in [0.25, 0.3) is 10.1 Å². The third-order valence-corrected chi connectivity index (χ3v) is 10.4. The third-order valence-electron chi connectivity index (χ3n) is 5.25. The minimum absolute atomic E-state index is 0.144. The van der Waals surface area contributed by atoms with Crippen LogP contribution in [0.15, 0.2) is 60.0 Å². The zero-order valence-corrected chi connectivity index (χ0v) is 24.0. The van der Waals surface area contributed by atoms with Gasteiger partial charge >= 0.3 is 0 Å². The van der Waals surface area contributed by atoms with Gasteiger partial charge in [0.15, 0.2) is 8.32 Å². The topological polar surface area (TPSA) is 61.8 Å². The molecule has 0 fully saturated rings. The van der Waals surface area contributed by atoms with Crippen molar-refractivity contribution in [3.63, 3.8) is 0 Å². The van der Waals surface area contributed by atoms with Crippen molar-refractivity contribution in [1.29, 1.82) is 0 Å². The maximum absolute atomic E-state index is 13.1. The van der Waals surface area contributed by atoms with Crippen molar-refractivity contribution in [3.05, 3.63) is 71.8 Å². The monoisotopic (exact) mass is 506 g/mol. The molecule has 0 radical (unpaired) electrons. The van der Waals surface area contributed by atoms with Gasteiger partial charge in [-0.2, -0.15) is 8.42 Å². The van der Waals surface area contributed by atoms with E-state index in [1.165, 1.54) is 0 Å². The van der Waals surface area contributed by atoms with Gasteiger partial charge < -0.3 is 8.85 Å². The molecule has 0 bridgehead atoms. The van der Waals surface area contributed by atoms with Crippen LogP contribution < -0.4 is 5.19 Å². The molecular formula is C25H38O5SSi2. The molecule has 0 aliphatic carbocycles. The quantitative estimate of drug-likeness (QED) is 0.237. The highest BCUT2D eigenvalue weighted by Gasteiger charge is 2.35. The molecule has 0 unspecified atom stereocenters. The molecule has 182 valence electrons. The van der Waals surface area contributed by atoms with Crippen molar-refractivity contribution in [1.82, 2.24) is 0 Å². The number of rotatable bonds is 11. The predicted octanol–water partition coefficient (Wildman–Crippen LogP) is 5.22. The van der Waals surface area contributed by atoms with E-state index in [1.54, 1.807) is 19.9 Å². The predicted molar refractivity (Wildman–Crippen MR) is 141 cm³/mol. The molecule has 0 amide bonds. The Hall–Kier alpha value is -1.56. The lowest BCUT2D eigenvalue weighted by molar-refractivity contribution is 0.0402. The van der Waals surface area contributed by atoms with Gasteiger partial charge in [0, 0.05) is 0 Å². The Morgan fingerprint density at radius 2 is 1.48 bits per heavy atom. The standard InChI is InChI=1S/C25H38O5SSi2/c1-10-23(30-33(8,9)22-14-12-11-13-15-22)24(29-32(5,6)7)18-28-31(26,27)25-20(3)16-19(2)17-21(25)4/h10-17,23-24H,1,18H2,2-9H3/t23-,24+/m0/s1. The Balaban J connectivity index is 2.31. The van der Waals surface area contributed by atoms with Gasteiger partial charge in [-0.3, -0.25) is 4.18 Å². The summed E-state index contributed by atoms with van der Waals surface area (Å²) in [5.41, 5.74) is 2.35. The van der Waals surface area contributed by atoms with Crippen molar-refractivity contribution in [3.8, 4) is 0 Å². The third kappa shape index (κ3) is 7.73. The summed E-state index contributed by atoms with van der Waals surface area (Å²) >= 11 is 0. The van der Waals surface area contributed by atoms with E-state index in [0.29, 0.717) is 11.1 Å². The zero-order valence-electron chi connectivity index (χ0n) is 21.1. The molecular weight excluding hydrogens is 469 g/mol. The highest BCUT2D eigenvalue weighted by Crippen LogP contribution is 2.25. The molecule has 0 heterocycles. The number of hydrogen-bond donors (Lipinski definition) is 0. The molecule has 0 N–H and O–H groups in total. The SMILES string of the molecule is C=C[C@H](O[Si](C)(C)c1ccccc1)[C@@H](COS(=O)(=O)c1c(C)cc(C)cc1C)O[Si](C)(C)C. The second-order valence-electron chi connectivity index (χ2n) is 9.93. The first kappa shape index (κ1) is 27.7. The van der Waals surface area contributed by atoms with Gasteiger partial charge in [0.05, 0.1) is 23.7 Å². The maximum Gasteiger partial charge on any atom is 0.297 e. The molecule has 0 spiro atoms. The number of benzene rings is 2. The fourth-order valence-electron chi connectivity index (χ4n) is 3.95. The summed E-state index contributed by atoms with van der Waals surface area (Å²) in [6, 6.07) is 13.8. The molecule has 2 aromatic carbocycles. The molecule has 0 aliphatic rings. The van der Waals surface area contributed by atoms with Crippen molar-refractivity contribution in [2.45, 2.75) is 70.6 Å². The lowest BCUT2D eigenvalue weighted by Gasteiger charge is -2.35. The van der Waals surface area contributed by atoms with Crippen molar-refractivity contribution in [2.24, 2.45) is 0 Å². The second-order valence-corrected chi connectivity index (χ2v) is 19.8. The Bertz CT molecular complexity index is 1040. The fourth-order valence-corrected chi connectivity index (χ4v) is 8.46. The first-order chi connectivity index (χ1) is 15.2. The first-order valence-corrected chi connectivity index (χ1v) is 18.9.